The van der Waals surface area contributed by atoms with Crippen molar-refractivity contribution < 1.29 is 5.11 Å². The Morgan fingerprint density at radius 2 is 2.05 bits per heavy atom. The molecule has 3 aromatic heterocycles. The van der Waals surface area contributed by atoms with Gasteiger partial charge < -0.3 is 15.3 Å². The first kappa shape index (κ1) is 26.2. The highest BCUT2D eigenvalue weighted by Crippen LogP contribution is 2.38. The average Bonchev–Trinajstić information content (AvgIpc) is 3.43. The molecule has 0 radical (unpaired) electrons. The van der Waals surface area contributed by atoms with E-state index in [4.69, 9.17) is 9.97 Å². The van der Waals surface area contributed by atoms with Gasteiger partial charge >= 0.3 is 0 Å². The number of hydrogen-bond acceptors (Lipinski definition) is 7. The van der Waals surface area contributed by atoms with E-state index >= 15 is 0 Å². The number of allylic oxidation sites excluding steroid dienone is 1. The Balaban J connectivity index is 1.39. The zero-order chi connectivity index (χ0) is 28.0. The van der Waals surface area contributed by atoms with Gasteiger partial charge in [0.2, 0.25) is 5.95 Å². The molecule has 0 amide bonds. The van der Waals surface area contributed by atoms with Gasteiger partial charge in [0.05, 0.1) is 12.2 Å². The van der Waals surface area contributed by atoms with Crippen LogP contribution in [0.15, 0.2) is 60.1 Å². The topological polar surface area (TPSA) is 101 Å². The van der Waals surface area contributed by atoms with Crippen molar-refractivity contribution in [2.75, 3.05) is 25.5 Å². The number of likely N-dealkylation sites (N-methyl/N-ethyl adjacent to an activating group) is 1. The molecule has 206 valence electrons. The molecular weight excluding hydrogens is 502 g/mol. The highest BCUT2D eigenvalue weighted by molar-refractivity contribution is 5.77. The lowest BCUT2D eigenvalue weighted by atomic mass is 9.95. The van der Waals surface area contributed by atoms with Crippen molar-refractivity contribution in [3.8, 4) is 5.82 Å². The van der Waals surface area contributed by atoms with E-state index in [1.807, 2.05) is 25.1 Å². The molecule has 6 rings (SSSR count). The van der Waals surface area contributed by atoms with Crippen molar-refractivity contribution in [2.45, 2.75) is 51.7 Å². The summed E-state index contributed by atoms with van der Waals surface area (Å²) in [5.74, 6) is 0.909. The van der Waals surface area contributed by atoms with E-state index in [0.29, 0.717) is 41.3 Å². The second-order valence-electron chi connectivity index (χ2n) is 10.9. The van der Waals surface area contributed by atoms with Gasteiger partial charge in [-0.05, 0) is 80.1 Å². The van der Waals surface area contributed by atoms with Gasteiger partial charge in [-0.15, -0.1) is 6.58 Å². The van der Waals surface area contributed by atoms with Gasteiger partial charge in [0.25, 0.3) is 5.56 Å². The number of nitrogens with one attached hydrogen (secondary N) is 1. The van der Waals surface area contributed by atoms with Gasteiger partial charge in [-0.25, -0.2) is 19.3 Å². The Labute approximate surface area is 233 Å². The summed E-state index contributed by atoms with van der Waals surface area (Å²) in [6.45, 7) is 10.2. The van der Waals surface area contributed by atoms with Crippen LogP contribution in [0.2, 0.25) is 0 Å². The minimum atomic E-state index is -0.965. The van der Waals surface area contributed by atoms with E-state index in [0.717, 1.165) is 37.2 Å². The lowest BCUT2D eigenvalue weighted by Gasteiger charge is -2.23. The number of hydrogen-bond donors (Lipinski definition) is 2. The maximum absolute atomic E-state index is 13.4. The zero-order valence-corrected chi connectivity index (χ0v) is 23.3. The predicted octanol–water partition coefficient (Wildman–Crippen LogP) is 4.48. The molecule has 0 saturated carbocycles. The maximum atomic E-state index is 13.4. The Bertz CT molecular complexity index is 1720. The van der Waals surface area contributed by atoms with Crippen LogP contribution in [0.4, 0.5) is 11.6 Å². The summed E-state index contributed by atoms with van der Waals surface area (Å²) in [7, 11) is 2.14. The van der Waals surface area contributed by atoms with Crippen LogP contribution in [0, 0.1) is 6.92 Å². The van der Waals surface area contributed by atoms with Crippen LogP contribution in [0.1, 0.15) is 48.6 Å². The number of nitrogens with zero attached hydrogens (tertiary/aromatic N) is 6. The lowest BCUT2D eigenvalue weighted by Crippen LogP contribution is -2.25. The number of pyridine rings is 1. The van der Waals surface area contributed by atoms with Crippen molar-refractivity contribution in [3.63, 3.8) is 0 Å². The molecule has 1 aliphatic carbocycles. The van der Waals surface area contributed by atoms with Crippen molar-refractivity contribution in [1.29, 1.82) is 0 Å². The van der Waals surface area contributed by atoms with Gasteiger partial charge in [0, 0.05) is 25.0 Å². The standard InChI is InChI=1S/C31H35N7O2/c1-5-15-37-29(39)25-19-32-30(33-23-8-9-24(20(3)18-23)21-12-16-36(4)17-13-21)35-28(25)38(37)26-10-7-22-11-14-31(40,6-2)27(22)34-26/h5,7-10,12,18-19,40H,1,6,11,13-17H2,2-4H3,(H,32,33,35). The minimum Gasteiger partial charge on any atom is -0.384 e. The average molecular weight is 538 g/mol. The molecule has 0 bridgehead atoms. The van der Waals surface area contributed by atoms with E-state index in [1.165, 1.54) is 16.7 Å². The fourth-order valence-corrected chi connectivity index (χ4v) is 5.86. The lowest BCUT2D eigenvalue weighted by molar-refractivity contribution is 0.0306. The van der Waals surface area contributed by atoms with Crippen LogP contribution in [0.5, 0.6) is 0 Å². The molecule has 4 aromatic rings. The van der Waals surface area contributed by atoms with Gasteiger partial charge in [0.15, 0.2) is 11.5 Å². The van der Waals surface area contributed by atoms with Crippen molar-refractivity contribution in [1.82, 2.24) is 29.2 Å². The summed E-state index contributed by atoms with van der Waals surface area (Å²) < 4.78 is 3.26. The molecule has 0 spiro atoms. The number of fused-ring (bicyclic) bond motifs is 2. The van der Waals surface area contributed by atoms with Crippen LogP contribution in [-0.4, -0.2) is 54.5 Å². The van der Waals surface area contributed by atoms with Crippen LogP contribution in [-0.2, 0) is 18.6 Å². The Hall–Kier alpha value is -4.08. The first-order valence-electron chi connectivity index (χ1n) is 13.9. The minimum absolute atomic E-state index is 0.221. The number of aliphatic hydroxyl groups is 1. The van der Waals surface area contributed by atoms with Crippen LogP contribution < -0.4 is 10.9 Å². The normalized spacial score (nSPS) is 19.1. The molecular formula is C31H35N7O2. The quantitative estimate of drug-likeness (QED) is 0.335. The fraction of sp³-hybridized carbons (Fsp3) is 0.355. The molecule has 0 fully saturated rings. The maximum Gasteiger partial charge on any atom is 0.278 e. The monoisotopic (exact) mass is 537 g/mol. The molecule has 1 atom stereocenters. The first-order valence-corrected chi connectivity index (χ1v) is 13.9. The van der Waals surface area contributed by atoms with E-state index in [1.54, 1.807) is 21.6 Å². The van der Waals surface area contributed by atoms with Crippen LogP contribution in [0.3, 0.4) is 0 Å². The number of rotatable bonds is 7. The van der Waals surface area contributed by atoms with Crippen molar-refractivity contribution in [2.24, 2.45) is 0 Å². The molecule has 1 aliphatic heterocycles. The highest BCUT2D eigenvalue weighted by atomic mass is 16.3. The molecule has 1 unspecified atom stereocenters. The number of benzene rings is 1. The van der Waals surface area contributed by atoms with Crippen LogP contribution >= 0.6 is 0 Å². The van der Waals surface area contributed by atoms with Gasteiger partial charge in [-0.2, -0.15) is 4.98 Å². The molecule has 4 heterocycles. The first-order chi connectivity index (χ1) is 19.3. The SMILES string of the molecule is C=CCn1c(=O)c2cnc(Nc3ccc(C4=CCN(C)CC4)c(C)c3)nc2n1-c1ccc2c(n1)C(O)(CC)CC2. The number of aromatic nitrogens is 5. The summed E-state index contributed by atoms with van der Waals surface area (Å²) in [6, 6.07) is 10.2. The highest BCUT2D eigenvalue weighted by Gasteiger charge is 2.37. The molecule has 1 aromatic carbocycles. The van der Waals surface area contributed by atoms with Gasteiger partial charge in [0.1, 0.15) is 11.0 Å². The second kappa shape index (κ2) is 10.1. The number of anilines is 2. The molecule has 9 nitrogen and oxygen atoms in total. The van der Waals surface area contributed by atoms with E-state index in [-0.39, 0.29) is 12.1 Å². The van der Waals surface area contributed by atoms with Crippen LogP contribution in [0.25, 0.3) is 22.4 Å². The smallest absolute Gasteiger partial charge is 0.278 e. The molecule has 2 aliphatic rings. The van der Waals surface area contributed by atoms with Crippen molar-refractivity contribution >= 4 is 28.2 Å². The summed E-state index contributed by atoms with van der Waals surface area (Å²) in [6.07, 6.45) is 8.57. The second-order valence-corrected chi connectivity index (χ2v) is 10.9. The van der Waals surface area contributed by atoms with E-state index in [2.05, 4.69) is 54.0 Å². The molecule has 9 heteroatoms. The Morgan fingerprint density at radius 1 is 1.20 bits per heavy atom. The largest absolute Gasteiger partial charge is 0.384 e. The number of aryl methyl sites for hydroxylation is 2. The summed E-state index contributed by atoms with van der Waals surface area (Å²) in [5, 5.41) is 14.9. The van der Waals surface area contributed by atoms with Gasteiger partial charge in [-0.1, -0.05) is 31.2 Å². The Morgan fingerprint density at radius 3 is 2.77 bits per heavy atom. The third-order valence-corrected chi connectivity index (χ3v) is 8.23. The summed E-state index contributed by atoms with van der Waals surface area (Å²) in [4.78, 5) is 29.8. The van der Waals surface area contributed by atoms with Gasteiger partial charge in [-0.3, -0.25) is 4.79 Å². The summed E-state index contributed by atoms with van der Waals surface area (Å²) >= 11 is 0. The summed E-state index contributed by atoms with van der Waals surface area (Å²) in [5.41, 5.74) is 5.67. The molecule has 2 N–H and O–H groups in total. The van der Waals surface area contributed by atoms with E-state index < -0.39 is 5.60 Å². The third-order valence-electron chi connectivity index (χ3n) is 8.23. The fourth-order valence-electron chi connectivity index (χ4n) is 5.86. The molecule has 40 heavy (non-hydrogen) atoms. The van der Waals surface area contributed by atoms with Crippen molar-refractivity contribution in [3.05, 3.63) is 88.0 Å². The zero-order valence-electron chi connectivity index (χ0n) is 23.3. The predicted molar refractivity (Wildman–Crippen MR) is 158 cm³/mol. The van der Waals surface area contributed by atoms with E-state index in [9.17, 15) is 9.90 Å². The molecule has 0 saturated heterocycles. The third kappa shape index (κ3) is 4.45. The Kier molecular flexibility index (Phi) is 6.64.